The third kappa shape index (κ3) is 4.10. The first-order chi connectivity index (χ1) is 9.67. The largest absolute Gasteiger partial charge is 0.484 e. The zero-order valence-electron chi connectivity index (χ0n) is 11.3. The van der Waals surface area contributed by atoms with Crippen molar-refractivity contribution in [1.82, 2.24) is 0 Å². The van der Waals surface area contributed by atoms with Crippen molar-refractivity contribution in [2.75, 3.05) is 11.9 Å². The van der Waals surface area contributed by atoms with Crippen LogP contribution >= 0.6 is 0 Å². The van der Waals surface area contributed by atoms with Crippen molar-refractivity contribution in [1.29, 1.82) is 0 Å². The maximum Gasteiger partial charge on any atom is 0.262 e. The van der Waals surface area contributed by atoms with E-state index in [0.717, 1.165) is 11.1 Å². The number of aryl methyl sites for hydroxylation is 1. The van der Waals surface area contributed by atoms with E-state index >= 15 is 0 Å². The molecule has 2 aromatic carbocycles. The van der Waals surface area contributed by atoms with Crippen LogP contribution in [0.5, 0.6) is 5.75 Å². The molecule has 0 fully saturated rings. The van der Waals surface area contributed by atoms with Crippen LogP contribution in [0.4, 0.5) is 5.69 Å². The Labute approximate surface area is 118 Å². The van der Waals surface area contributed by atoms with Crippen LogP contribution in [0, 0.1) is 6.92 Å². The Kier molecular flexibility index (Phi) is 4.74. The summed E-state index contributed by atoms with van der Waals surface area (Å²) in [4.78, 5) is 11.7. The first-order valence-electron chi connectivity index (χ1n) is 6.36. The van der Waals surface area contributed by atoms with Gasteiger partial charge in [0.15, 0.2) is 6.61 Å². The zero-order chi connectivity index (χ0) is 14.4. The Morgan fingerprint density at radius 1 is 1.10 bits per heavy atom. The maximum absolute atomic E-state index is 11.7. The van der Waals surface area contributed by atoms with Gasteiger partial charge in [-0.2, -0.15) is 0 Å². The van der Waals surface area contributed by atoms with Crippen molar-refractivity contribution in [3.63, 3.8) is 0 Å². The molecular weight excluding hydrogens is 254 g/mol. The van der Waals surface area contributed by atoms with Crippen LogP contribution in [0.1, 0.15) is 11.1 Å². The monoisotopic (exact) mass is 271 g/mol. The van der Waals surface area contributed by atoms with Gasteiger partial charge in [0.2, 0.25) is 0 Å². The quantitative estimate of drug-likeness (QED) is 0.878. The van der Waals surface area contributed by atoms with Crippen LogP contribution in [0.15, 0.2) is 48.5 Å². The molecule has 20 heavy (non-hydrogen) atoms. The summed E-state index contributed by atoms with van der Waals surface area (Å²) in [6.45, 7) is 1.95. The third-order valence-corrected chi connectivity index (χ3v) is 2.81. The number of amides is 1. The van der Waals surface area contributed by atoms with Crippen molar-refractivity contribution >= 4 is 11.6 Å². The Morgan fingerprint density at radius 2 is 1.75 bits per heavy atom. The van der Waals surface area contributed by atoms with Crippen molar-refractivity contribution in [3.8, 4) is 5.75 Å². The Bertz CT molecular complexity index is 561. The number of carbonyl (C=O) groups excluding carboxylic acids is 1. The highest BCUT2D eigenvalue weighted by molar-refractivity contribution is 5.91. The van der Waals surface area contributed by atoms with Gasteiger partial charge < -0.3 is 15.2 Å². The molecule has 0 unspecified atom stereocenters. The first-order valence-corrected chi connectivity index (χ1v) is 6.36. The minimum Gasteiger partial charge on any atom is -0.484 e. The van der Waals surface area contributed by atoms with E-state index < -0.39 is 0 Å². The van der Waals surface area contributed by atoms with Gasteiger partial charge in [-0.05, 0) is 36.8 Å². The number of hydrogen-bond donors (Lipinski definition) is 2. The number of benzene rings is 2. The fraction of sp³-hybridized carbons (Fsp3) is 0.188. The van der Waals surface area contributed by atoms with Gasteiger partial charge in [0.25, 0.3) is 5.91 Å². The SMILES string of the molecule is Cc1ccc(OCC(=O)Nc2ccc(CO)cc2)cc1. The molecule has 0 radical (unpaired) electrons. The lowest BCUT2D eigenvalue weighted by Crippen LogP contribution is -2.20. The number of nitrogens with one attached hydrogen (secondary N) is 1. The summed E-state index contributed by atoms with van der Waals surface area (Å²) in [5, 5.41) is 11.7. The zero-order valence-corrected chi connectivity index (χ0v) is 11.3. The second-order valence-electron chi connectivity index (χ2n) is 4.50. The fourth-order valence-electron chi connectivity index (χ4n) is 1.67. The predicted octanol–water partition coefficient (Wildman–Crippen LogP) is 2.50. The average molecular weight is 271 g/mol. The third-order valence-electron chi connectivity index (χ3n) is 2.81. The number of rotatable bonds is 5. The molecule has 0 heterocycles. The normalized spacial score (nSPS) is 10.1. The standard InChI is InChI=1S/C16H17NO3/c1-12-2-8-15(9-3-12)20-11-16(19)17-14-6-4-13(10-18)5-7-14/h2-9,18H,10-11H2,1H3,(H,17,19). The minimum atomic E-state index is -0.220. The number of anilines is 1. The lowest BCUT2D eigenvalue weighted by molar-refractivity contribution is -0.118. The Hall–Kier alpha value is -2.33. The molecule has 0 saturated carbocycles. The molecule has 4 heteroatoms. The van der Waals surface area contributed by atoms with E-state index in [9.17, 15) is 4.79 Å². The summed E-state index contributed by atoms with van der Waals surface area (Å²) < 4.78 is 5.39. The molecule has 2 rings (SSSR count). The molecule has 2 aromatic rings. The topological polar surface area (TPSA) is 58.6 Å². The van der Waals surface area contributed by atoms with Crippen LogP contribution in [0.2, 0.25) is 0 Å². The van der Waals surface area contributed by atoms with E-state index in [1.54, 1.807) is 24.3 Å². The highest BCUT2D eigenvalue weighted by atomic mass is 16.5. The summed E-state index contributed by atoms with van der Waals surface area (Å²) >= 11 is 0. The highest BCUT2D eigenvalue weighted by Gasteiger charge is 2.03. The van der Waals surface area contributed by atoms with Gasteiger partial charge in [-0.15, -0.1) is 0 Å². The molecule has 104 valence electrons. The second kappa shape index (κ2) is 6.73. The molecular formula is C16H17NO3. The van der Waals surface area contributed by atoms with Crippen molar-refractivity contribution in [2.45, 2.75) is 13.5 Å². The smallest absolute Gasteiger partial charge is 0.262 e. The van der Waals surface area contributed by atoms with Gasteiger partial charge in [0, 0.05) is 5.69 Å². The summed E-state index contributed by atoms with van der Waals surface area (Å²) in [6.07, 6.45) is 0. The van der Waals surface area contributed by atoms with Gasteiger partial charge in [0.05, 0.1) is 6.61 Å². The lowest BCUT2D eigenvalue weighted by atomic mass is 10.2. The van der Waals surface area contributed by atoms with E-state index in [2.05, 4.69) is 5.32 Å². The summed E-state index contributed by atoms with van der Waals surface area (Å²) in [6, 6.07) is 14.5. The minimum absolute atomic E-state index is 0.00917. The lowest BCUT2D eigenvalue weighted by Gasteiger charge is -2.08. The Balaban J connectivity index is 1.84. The van der Waals surface area contributed by atoms with Crippen LogP contribution in [-0.4, -0.2) is 17.6 Å². The van der Waals surface area contributed by atoms with E-state index in [1.165, 1.54) is 0 Å². The number of aliphatic hydroxyl groups excluding tert-OH is 1. The second-order valence-corrected chi connectivity index (χ2v) is 4.50. The number of hydrogen-bond acceptors (Lipinski definition) is 3. The van der Waals surface area contributed by atoms with Crippen molar-refractivity contribution in [2.24, 2.45) is 0 Å². The van der Waals surface area contributed by atoms with Gasteiger partial charge >= 0.3 is 0 Å². The van der Waals surface area contributed by atoms with Gasteiger partial charge in [0.1, 0.15) is 5.75 Å². The molecule has 0 aliphatic heterocycles. The van der Waals surface area contributed by atoms with Gasteiger partial charge in [-0.3, -0.25) is 4.79 Å². The van der Waals surface area contributed by atoms with Gasteiger partial charge in [-0.25, -0.2) is 0 Å². The number of aliphatic hydroxyl groups is 1. The van der Waals surface area contributed by atoms with E-state index in [-0.39, 0.29) is 19.1 Å². The molecule has 0 aliphatic rings. The highest BCUT2D eigenvalue weighted by Crippen LogP contribution is 2.12. The molecule has 4 nitrogen and oxygen atoms in total. The van der Waals surface area contributed by atoms with Crippen molar-refractivity contribution in [3.05, 3.63) is 59.7 Å². The molecule has 2 N–H and O–H groups in total. The predicted molar refractivity (Wildman–Crippen MR) is 77.7 cm³/mol. The van der Waals surface area contributed by atoms with Crippen LogP contribution in [-0.2, 0) is 11.4 Å². The molecule has 0 bridgehead atoms. The molecule has 0 aromatic heterocycles. The van der Waals surface area contributed by atoms with E-state index in [1.807, 2.05) is 31.2 Å². The molecule has 1 amide bonds. The molecule has 0 atom stereocenters. The summed E-state index contributed by atoms with van der Waals surface area (Å²) in [5.74, 6) is 0.448. The van der Waals surface area contributed by atoms with E-state index in [0.29, 0.717) is 11.4 Å². The summed E-state index contributed by atoms with van der Waals surface area (Å²) in [5.41, 5.74) is 2.63. The van der Waals surface area contributed by atoms with Crippen LogP contribution in [0.25, 0.3) is 0 Å². The van der Waals surface area contributed by atoms with Crippen molar-refractivity contribution < 1.29 is 14.6 Å². The number of carbonyl (C=O) groups is 1. The Morgan fingerprint density at radius 3 is 2.35 bits per heavy atom. The average Bonchev–Trinajstić information content (AvgIpc) is 2.47. The first kappa shape index (κ1) is 14.1. The molecule has 0 aliphatic carbocycles. The van der Waals surface area contributed by atoms with Crippen LogP contribution < -0.4 is 10.1 Å². The van der Waals surface area contributed by atoms with Gasteiger partial charge in [-0.1, -0.05) is 29.8 Å². The van der Waals surface area contributed by atoms with Crippen LogP contribution in [0.3, 0.4) is 0 Å². The molecule has 0 spiro atoms. The summed E-state index contributed by atoms with van der Waals surface area (Å²) in [7, 11) is 0. The molecule has 0 saturated heterocycles. The maximum atomic E-state index is 11.7. The fourth-order valence-corrected chi connectivity index (χ4v) is 1.67. The van der Waals surface area contributed by atoms with E-state index in [4.69, 9.17) is 9.84 Å². The number of ether oxygens (including phenoxy) is 1.